The van der Waals surface area contributed by atoms with Gasteiger partial charge in [-0.05, 0) is 24.1 Å². The highest BCUT2D eigenvalue weighted by molar-refractivity contribution is 7.14. The molecule has 1 aromatic carbocycles. The van der Waals surface area contributed by atoms with Crippen molar-refractivity contribution < 1.29 is 27.8 Å². The second-order valence-corrected chi connectivity index (χ2v) is 7.40. The van der Waals surface area contributed by atoms with Gasteiger partial charge in [0.1, 0.15) is 0 Å². The van der Waals surface area contributed by atoms with Gasteiger partial charge in [0, 0.05) is 31.9 Å². The standard InChI is InChI=1S/C19H21F2N3O4S/c1-23(10-12-5-6-14(27-2)15(8-12)28-18(20)21)17(26)9-13-11-29-19(22-13)24-7-3-4-16(24)25/h5-6,8,11,18H,3-4,7,9-10H2,1-2H3. The lowest BCUT2D eigenvalue weighted by molar-refractivity contribution is -0.129. The van der Waals surface area contributed by atoms with E-state index in [4.69, 9.17) is 4.74 Å². The number of halogens is 2. The average molecular weight is 425 g/mol. The highest BCUT2D eigenvalue weighted by atomic mass is 32.1. The molecule has 0 unspecified atom stereocenters. The summed E-state index contributed by atoms with van der Waals surface area (Å²) >= 11 is 1.34. The molecule has 0 radical (unpaired) electrons. The molecular weight excluding hydrogens is 404 g/mol. The predicted molar refractivity (Wildman–Crippen MR) is 104 cm³/mol. The van der Waals surface area contributed by atoms with Gasteiger partial charge >= 0.3 is 6.61 Å². The fourth-order valence-electron chi connectivity index (χ4n) is 3.01. The van der Waals surface area contributed by atoms with Gasteiger partial charge in [-0.25, -0.2) is 4.98 Å². The van der Waals surface area contributed by atoms with Crippen LogP contribution in [0.5, 0.6) is 11.5 Å². The van der Waals surface area contributed by atoms with Crippen LogP contribution in [0.4, 0.5) is 13.9 Å². The van der Waals surface area contributed by atoms with E-state index in [2.05, 4.69) is 9.72 Å². The summed E-state index contributed by atoms with van der Waals surface area (Å²) in [5, 5.41) is 2.39. The Balaban J connectivity index is 1.62. The average Bonchev–Trinajstić information content (AvgIpc) is 3.30. The summed E-state index contributed by atoms with van der Waals surface area (Å²) in [5.74, 6) is -0.0211. The molecule has 1 aliphatic heterocycles. The lowest BCUT2D eigenvalue weighted by atomic mass is 10.2. The van der Waals surface area contributed by atoms with Crippen LogP contribution in [0.1, 0.15) is 24.1 Å². The second kappa shape index (κ2) is 9.17. The molecule has 29 heavy (non-hydrogen) atoms. The van der Waals surface area contributed by atoms with Crippen LogP contribution in [0.25, 0.3) is 0 Å². The molecule has 2 aromatic rings. The lowest BCUT2D eigenvalue weighted by Gasteiger charge is -2.18. The molecule has 10 heteroatoms. The highest BCUT2D eigenvalue weighted by Gasteiger charge is 2.24. The minimum Gasteiger partial charge on any atom is -0.493 e. The number of thiazole rings is 1. The van der Waals surface area contributed by atoms with Crippen molar-refractivity contribution in [3.8, 4) is 11.5 Å². The van der Waals surface area contributed by atoms with E-state index in [0.29, 0.717) is 29.4 Å². The molecule has 3 rings (SSSR count). The number of carbonyl (C=O) groups excluding carboxylic acids is 2. The van der Waals surface area contributed by atoms with Crippen LogP contribution in [0.2, 0.25) is 0 Å². The molecule has 2 heterocycles. The van der Waals surface area contributed by atoms with Crippen molar-refractivity contribution in [2.24, 2.45) is 0 Å². The van der Waals surface area contributed by atoms with Crippen molar-refractivity contribution in [3.05, 3.63) is 34.8 Å². The summed E-state index contributed by atoms with van der Waals surface area (Å²) in [6, 6.07) is 4.63. The Bertz CT molecular complexity index is 890. The molecule has 0 aliphatic carbocycles. The zero-order valence-electron chi connectivity index (χ0n) is 16.1. The van der Waals surface area contributed by atoms with Gasteiger partial charge in [-0.15, -0.1) is 11.3 Å². The van der Waals surface area contributed by atoms with Crippen molar-refractivity contribution in [2.75, 3.05) is 25.6 Å². The molecule has 7 nitrogen and oxygen atoms in total. The number of ether oxygens (including phenoxy) is 2. The molecule has 0 N–H and O–H groups in total. The van der Waals surface area contributed by atoms with Gasteiger partial charge in [0.15, 0.2) is 16.6 Å². The van der Waals surface area contributed by atoms with Gasteiger partial charge < -0.3 is 14.4 Å². The molecule has 0 saturated carbocycles. The van der Waals surface area contributed by atoms with E-state index in [1.165, 1.54) is 35.5 Å². The van der Waals surface area contributed by atoms with E-state index in [-0.39, 0.29) is 36.3 Å². The number of carbonyl (C=O) groups is 2. The van der Waals surface area contributed by atoms with E-state index in [1.807, 2.05) is 0 Å². The fraction of sp³-hybridized carbons (Fsp3) is 0.421. The SMILES string of the molecule is COc1ccc(CN(C)C(=O)Cc2csc(N3CCCC3=O)n2)cc1OC(F)F. The first-order chi connectivity index (χ1) is 13.9. The molecule has 0 bridgehead atoms. The van der Waals surface area contributed by atoms with Crippen molar-refractivity contribution in [1.29, 1.82) is 0 Å². The summed E-state index contributed by atoms with van der Waals surface area (Å²) in [4.78, 5) is 31.9. The normalized spacial score (nSPS) is 13.8. The Morgan fingerprint density at radius 1 is 1.38 bits per heavy atom. The topological polar surface area (TPSA) is 72.0 Å². The first-order valence-electron chi connectivity index (χ1n) is 8.98. The summed E-state index contributed by atoms with van der Waals surface area (Å²) in [5.41, 5.74) is 1.22. The third kappa shape index (κ3) is 5.20. The molecule has 1 aromatic heterocycles. The van der Waals surface area contributed by atoms with Crippen molar-refractivity contribution in [3.63, 3.8) is 0 Å². The van der Waals surface area contributed by atoms with E-state index in [9.17, 15) is 18.4 Å². The number of nitrogens with zero attached hydrogens (tertiary/aromatic N) is 3. The van der Waals surface area contributed by atoms with Gasteiger partial charge in [-0.1, -0.05) is 6.07 Å². The van der Waals surface area contributed by atoms with E-state index >= 15 is 0 Å². The summed E-state index contributed by atoms with van der Waals surface area (Å²) < 4.78 is 34.6. The van der Waals surface area contributed by atoms with Crippen molar-refractivity contribution >= 4 is 28.3 Å². The minimum absolute atomic E-state index is 0.0515. The monoisotopic (exact) mass is 425 g/mol. The van der Waals surface area contributed by atoms with Gasteiger partial charge in [-0.3, -0.25) is 14.5 Å². The second-order valence-electron chi connectivity index (χ2n) is 6.56. The maximum atomic E-state index is 12.6. The van der Waals surface area contributed by atoms with Gasteiger partial charge in [0.25, 0.3) is 0 Å². The first kappa shape index (κ1) is 21.0. The van der Waals surface area contributed by atoms with Gasteiger partial charge in [-0.2, -0.15) is 8.78 Å². The van der Waals surface area contributed by atoms with Crippen LogP contribution in [0.3, 0.4) is 0 Å². The zero-order valence-corrected chi connectivity index (χ0v) is 16.9. The van der Waals surface area contributed by atoms with Crippen LogP contribution < -0.4 is 14.4 Å². The quantitative estimate of drug-likeness (QED) is 0.650. The van der Waals surface area contributed by atoms with Crippen molar-refractivity contribution in [1.82, 2.24) is 9.88 Å². The third-order valence-corrected chi connectivity index (χ3v) is 5.38. The first-order valence-corrected chi connectivity index (χ1v) is 9.85. The number of methoxy groups -OCH3 is 1. The number of alkyl halides is 2. The number of amides is 2. The van der Waals surface area contributed by atoms with E-state index in [1.54, 1.807) is 23.4 Å². The predicted octanol–water partition coefficient (Wildman–Crippen LogP) is 3.08. The van der Waals surface area contributed by atoms with E-state index in [0.717, 1.165) is 6.42 Å². The number of hydrogen-bond acceptors (Lipinski definition) is 6. The van der Waals surface area contributed by atoms with Crippen LogP contribution in [-0.4, -0.2) is 49.0 Å². The van der Waals surface area contributed by atoms with Crippen molar-refractivity contribution in [2.45, 2.75) is 32.4 Å². The number of benzene rings is 1. The molecule has 0 atom stereocenters. The van der Waals surface area contributed by atoms with Gasteiger partial charge in [0.2, 0.25) is 11.8 Å². The number of anilines is 1. The maximum absolute atomic E-state index is 12.6. The Hall–Kier alpha value is -2.75. The molecule has 1 fully saturated rings. The minimum atomic E-state index is -2.97. The molecule has 1 aliphatic rings. The number of aromatic nitrogens is 1. The smallest absolute Gasteiger partial charge is 0.387 e. The number of likely N-dealkylation sites (N-methyl/N-ethyl adjacent to an activating group) is 1. The van der Waals surface area contributed by atoms with Gasteiger partial charge in [0.05, 0.1) is 19.2 Å². The number of rotatable bonds is 8. The molecule has 156 valence electrons. The molecule has 1 saturated heterocycles. The highest BCUT2D eigenvalue weighted by Crippen LogP contribution is 2.30. The fourth-order valence-corrected chi connectivity index (χ4v) is 3.88. The summed E-state index contributed by atoms with van der Waals surface area (Å²) in [7, 11) is 2.98. The zero-order chi connectivity index (χ0) is 21.0. The summed E-state index contributed by atoms with van der Waals surface area (Å²) in [6.07, 6.45) is 1.43. The van der Waals surface area contributed by atoms with Crippen LogP contribution in [-0.2, 0) is 22.6 Å². The van der Waals surface area contributed by atoms with Crippen LogP contribution >= 0.6 is 11.3 Å². The lowest BCUT2D eigenvalue weighted by Crippen LogP contribution is -2.28. The summed E-state index contributed by atoms with van der Waals surface area (Å²) in [6.45, 7) is -2.11. The third-order valence-electron chi connectivity index (χ3n) is 4.47. The maximum Gasteiger partial charge on any atom is 0.387 e. The number of hydrogen-bond donors (Lipinski definition) is 0. The Morgan fingerprint density at radius 2 is 2.17 bits per heavy atom. The molecule has 0 spiro atoms. The Labute approximate surface area is 170 Å². The van der Waals surface area contributed by atoms with E-state index < -0.39 is 6.61 Å². The Morgan fingerprint density at radius 3 is 2.83 bits per heavy atom. The van der Waals surface area contributed by atoms with Crippen LogP contribution in [0, 0.1) is 0 Å². The molecule has 2 amide bonds. The largest absolute Gasteiger partial charge is 0.493 e. The van der Waals surface area contributed by atoms with Crippen LogP contribution in [0.15, 0.2) is 23.6 Å². The Kier molecular flexibility index (Phi) is 6.63. The molecular formula is C19H21F2N3O4S.